The van der Waals surface area contributed by atoms with Gasteiger partial charge in [0.15, 0.2) is 6.10 Å². The molecular weight excluding hydrogens is 829 g/mol. The van der Waals surface area contributed by atoms with Crippen molar-refractivity contribution in [2.24, 2.45) is 0 Å². The molecule has 0 saturated carbocycles. The van der Waals surface area contributed by atoms with Gasteiger partial charge in [0.2, 0.25) is 0 Å². The molecule has 6 nitrogen and oxygen atoms in total. The molecule has 0 aliphatic heterocycles. The van der Waals surface area contributed by atoms with Crippen molar-refractivity contribution in [3.8, 4) is 0 Å². The molecule has 1 atom stereocenters. The fourth-order valence-electron chi connectivity index (χ4n) is 8.89. The van der Waals surface area contributed by atoms with Crippen molar-refractivity contribution < 1.29 is 28.6 Å². The number of allylic oxidation sites excluding steroid dienone is 4. The fraction of sp³-hybridized carbons (Fsp3) is 0.885. The number of unbranched alkanes of at least 4 members (excludes halogenated alkanes) is 40. The summed E-state index contributed by atoms with van der Waals surface area (Å²) in [6.07, 6.45) is 66.1. The van der Waals surface area contributed by atoms with Gasteiger partial charge in [-0.05, 0) is 64.2 Å². The zero-order valence-electron chi connectivity index (χ0n) is 45.2. The van der Waals surface area contributed by atoms with Crippen LogP contribution in [0.15, 0.2) is 24.3 Å². The van der Waals surface area contributed by atoms with Crippen LogP contribution in [0.5, 0.6) is 0 Å². The first-order valence-corrected chi connectivity index (χ1v) is 29.8. The Labute approximate surface area is 417 Å². The molecule has 67 heavy (non-hydrogen) atoms. The van der Waals surface area contributed by atoms with Gasteiger partial charge in [0.25, 0.3) is 0 Å². The monoisotopic (exact) mass is 943 g/mol. The van der Waals surface area contributed by atoms with E-state index < -0.39 is 6.10 Å². The number of ether oxygens (including phenoxy) is 3. The van der Waals surface area contributed by atoms with Crippen LogP contribution in [0.25, 0.3) is 0 Å². The van der Waals surface area contributed by atoms with Crippen LogP contribution in [0.3, 0.4) is 0 Å². The zero-order valence-corrected chi connectivity index (χ0v) is 45.2. The Morgan fingerprint density at radius 3 is 0.791 bits per heavy atom. The smallest absolute Gasteiger partial charge is 0.306 e. The Morgan fingerprint density at radius 1 is 0.284 bits per heavy atom. The second-order valence-corrected chi connectivity index (χ2v) is 20.3. The van der Waals surface area contributed by atoms with Crippen LogP contribution in [-0.4, -0.2) is 37.2 Å². The second kappa shape index (κ2) is 56.5. The first-order valence-electron chi connectivity index (χ1n) is 29.8. The Kier molecular flexibility index (Phi) is 54.7. The molecule has 0 radical (unpaired) electrons. The molecule has 0 fully saturated rings. The molecule has 0 amide bonds. The molecule has 0 aromatic carbocycles. The fourth-order valence-corrected chi connectivity index (χ4v) is 8.89. The van der Waals surface area contributed by atoms with Gasteiger partial charge in [-0.1, -0.05) is 270 Å². The third kappa shape index (κ3) is 54.7. The maximum atomic E-state index is 12.8. The third-order valence-electron chi connectivity index (χ3n) is 13.4. The minimum atomic E-state index is -0.770. The van der Waals surface area contributed by atoms with E-state index in [2.05, 4.69) is 45.1 Å². The van der Waals surface area contributed by atoms with Crippen LogP contribution >= 0.6 is 0 Å². The van der Waals surface area contributed by atoms with E-state index in [-0.39, 0.29) is 31.1 Å². The normalized spacial score (nSPS) is 12.1. The topological polar surface area (TPSA) is 78.9 Å². The van der Waals surface area contributed by atoms with E-state index in [9.17, 15) is 14.4 Å². The highest BCUT2D eigenvalue weighted by atomic mass is 16.6. The van der Waals surface area contributed by atoms with E-state index in [4.69, 9.17) is 14.2 Å². The number of esters is 3. The van der Waals surface area contributed by atoms with E-state index in [0.717, 1.165) is 64.2 Å². The van der Waals surface area contributed by atoms with E-state index in [1.807, 2.05) is 0 Å². The predicted molar refractivity (Wildman–Crippen MR) is 289 cm³/mol. The van der Waals surface area contributed by atoms with Gasteiger partial charge in [-0.2, -0.15) is 0 Å². The molecule has 0 heterocycles. The number of hydrogen-bond donors (Lipinski definition) is 0. The SMILES string of the molecule is CCCC/C=C\CCCCCCCC(=O)OCC(COC(=O)CCCCCCCCCCCCC/C=C\CCCCCCCCCC)OC(=O)CCCCCCCCCCCCCCCCC. The molecule has 0 aromatic rings. The highest BCUT2D eigenvalue weighted by Crippen LogP contribution is 2.17. The summed E-state index contributed by atoms with van der Waals surface area (Å²) in [6, 6.07) is 0. The first kappa shape index (κ1) is 64.9. The van der Waals surface area contributed by atoms with Gasteiger partial charge in [-0.25, -0.2) is 0 Å². The van der Waals surface area contributed by atoms with E-state index in [1.54, 1.807) is 0 Å². The Bertz CT molecular complexity index is 1080. The molecule has 0 saturated heterocycles. The van der Waals surface area contributed by atoms with Crippen LogP contribution in [-0.2, 0) is 28.6 Å². The first-order chi connectivity index (χ1) is 33.0. The highest BCUT2D eigenvalue weighted by molar-refractivity contribution is 5.71. The van der Waals surface area contributed by atoms with E-state index in [0.29, 0.717) is 19.3 Å². The molecule has 0 bridgehead atoms. The molecule has 0 aromatic heterocycles. The van der Waals surface area contributed by atoms with Crippen molar-refractivity contribution in [1.82, 2.24) is 0 Å². The summed E-state index contributed by atoms with van der Waals surface area (Å²) in [5.41, 5.74) is 0. The third-order valence-corrected chi connectivity index (χ3v) is 13.4. The highest BCUT2D eigenvalue weighted by Gasteiger charge is 2.19. The van der Waals surface area contributed by atoms with Gasteiger partial charge in [-0.15, -0.1) is 0 Å². The summed E-state index contributed by atoms with van der Waals surface area (Å²) < 4.78 is 16.9. The van der Waals surface area contributed by atoms with Gasteiger partial charge in [-0.3, -0.25) is 14.4 Å². The lowest BCUT2D eigenvalue weighted by Gasteiger charge is -2.18. The van der Waals surface area contributed by atoms with Crippen LogP contribution in [0.2, 0.25) is 0 Å². The number of hydrogen-bond acceptors (Lipinski definition) is 6. The average Bonchev–Trinajstić information content (AvgIpc) is 3.33. The molecule has 0 spiro atoms. The van der Waals surface area contributed by atoms with Gasteiger partial charge in [0, 0.05) is 19.3 Å². The number of carbonyl (C=O) groups excluding carboxylic acids is 3. The van der Waals surface area contributed by atoms with Crippen molar-refractivity contribution >= 4 is 17.9 Å². The Hall–Kier alpha value is -2.11. The lowest BCUT2D eigenvalue weighted by atomic mass is 10.0. The van der Waals surface area contributed by atoms with Gasteiger partial charge >= 0.3 is 17.9 Å². The molecular formula is C61H114O6. The summed E-state index contributed by atoms with van der Waals surface area (Å²) in [5.74, 6) is -0.860. The van der Waals surface area contributed by atoms with E-state index >= 15 is 0 Å². The number of rotatable bonds is 55. The van der Waals surface area contributed by atoms with Crippen molar-refractivity contribution in [3.63, 3.8) is 0 Å². The Balaban J connectivity index is 4.22. The van der Waals surface area contributed by atoms with Gasteiger partial charge in [0.1, 0.15) is 13.2 Å². The summed E-state index contributed by atoms with van der Waals surface area (Å²) in [7, 11) is 0. The lowest BCUT2D eigenvalue weighted by Crippen LogP contribution is -2.30. The minimum Gasteiger partial charge on any atom is -0.462 e. The summed E-state index contributed by atoms with van der Waals surface area (Å²) >= 11 is 0. The van der Waals surface area contributed by atoms with Crippen LogP contribution in [0.4, 0.5) is 0 Å². The van der Waals surface area contributed by atoms with Crippen molar-refractivity contribution in [1.29, 1.82) is 0 Å². The van der Waals surface area contributed by atoms with E-state index in [1.165, 1.54) is 225 Å². The summed E-state index contributed by atoms with van der Waals surface area (Å²) in [6.45, 7) is 6.64. The largest absolute Gasteiger partial charge is 0.462 e. The van der Waals surface area contributed by atoms with Crippen LogP contribution in [0, 0.1) is 0 Å². The molecule has 0 aliphatic carbocycles. The minimum absolute atomic E-state index is 0.0698. The Morgan fingerprint density at radius 2 is 0.507 bits per heavy atom. The van der Waals surface area contributed by atoms with Crippen molar-refractivity contribution in [2.75, 3.05) is 13.2 Å². The maximum absolute atomic E-state index is 12.8. The molecule has 6 heteroatoms. The second-order valence-electron chi connectivity index (χ2n) is 20.3. The zero-order chi connectivity index (χ0) is 48.6. The standard InChI is InChI=1S/C61H114O6/c1-4-7-10-13-16-19-22-24-26-27-28-29-30-31-32-33-35-36-39-42-45-48-51-54-60(63)66-57-58(56-65-59(62)53-50-47-44-41-38-21-18-15-12-9-6-3)67-61(64)55-52-49-46-43-40-37-34-25-23-20-17-14-11-8-5-2/h15,18,27-28,58H,4-14,16-17,19-26,29-57H2,1-3H3/b18-15-,28-27-. The van der Waals surface area contributed by atoms with Crippen molar-refractivity contribution in [3.05, 3.63) is 24.3 Å². The summed E-state index contributed by atoms with van der Waals surface area (Å²) in [5, 5.41) is 0. The van der Waals surface area contributed by atoms with Gasteiger partial charge in [0.05, 0.1) is 0 Å². The summed E-state index contributed by atoms with van der Waals surface area (Å²) in [4.78, 5) is 38.1. The molecule has 1 unspecified atom stereocenters. The van der Waals surface area contributed by atoms with Crippen LogP contribution in [0.1, 0.15) is 329 Å². The van der Waals surface area contributed by atoms with Gasteiger partial charge < -0.3 is 14.2 Å². The number of carbonyl (C=O) groups is 3. The maximum Gasteiger partial charge on any atom is 0.306 e. The molecule has 0 aliphatic rings. The molecule has 0 N–H and O–H groups in total. The quantitative estimate of drug-likeness (QED) is 0.0262. The predicted octanol–water partition coefficient (Wildman–Crippen LogP) is 19.9. The molecule has 0 rings (SSSR count). The average molecular weight is 944 g/mol. The van der Waals surface area contributed by atoms with Crippen molar-refractivity contribution in [2.45, 2.75) is 335 Å². The lowest BCUT2D eigenvalue weighted by molar-refractivity contribution is -0.167. The molecule has 394 valence electrons. The van der Waals surface area contributed by atoms with Crippen LogP contribution < -0.4 is 0 Å².